The van der Waals surface area contributed by atoms with E-state index in [0.717, 1.165) is 12.1 Å². The molecule has 5 heteroatoms. The van der Waals surface area contributed by atoms with Gasteiger partial charge in [0.15, 0.2) is 0 Å². The van der Waals surface area contributed by atoms with Crippen molar-refractivity contribution in [2.24, 2.45) is 5.92 Å². The van der Waals surface area contributed by atoms with E-state index in [2.05, 4.69) is 11.9 Å². The van der Waals surface area contributed by atoms with E-state index in [-0.39, 0.29) is 24.0 Å². The number of hydrogen-bond donors (Lipinski definition) is 1. The molecule has 0 radical (unpaired) electrons. The van der Waals surface area contributed by atoms with E-state index in [4.69, 9.17) is 11.6 Å². The van der Waals surface area contributed by atoms with Gasteiger partial charge in [-0.05, 0) is 24.5 Å². The second kappa shape index (κ2) is 5.93. The molecule has 2 heterocycles. The van der Waals surface area contributed by atoms with Gasteiger partial charge in [-0.2, -0.15) is 0 Å². The number of aromatic nitrogens is 1. The van der Waals surface area contributed by atoms with Crippen LogP contribution in [0.3, 0.4) is 0 Å². The minimum atomic E-state index is -0.172. The van der Waals surface area contributed by atoms with E-state index >= 15 is 0 Å². The number of halogens is 1. The van der Waals surface area contributed by atoms with Crippen LogP contribution in [0.2, 0.25) is 5.15 Å². The second-order valence-electron chi connectivity index (χ2n) is 6.83. The average Bonchev–Trinajstić information content (AvgIpc) is 2.77. The number of nitrogens with zero attached hydrogens (tertiary/aromatic N) is 2. The van der Waals surface area contributed by atoms with Crippen LogP contribution in [-0.4, -0.2) is 40.1 Å². The predicted octanol–water partition coefficient (Wildman–Crippen LogP) is 2.88. The van der Waals surface area contributed by atoms with Crippen molar-refractivity contribution in [3.63, 3.8) is 0 Å². The molecule has 0 bridgehead atoms. The molecule has 21 heavy (non-hydrogen) atoms. The first kappa shape index (κ1) is 16.2. The van der Waals surface area contributed by atoms with Gasteiger partial charge in [-0.1, -0.05) is 39.3 Å². The standard InChI is InChI=1S/C16H23ClN2O2/c1-10-5-6-19(12(10)9-20)15(21)11-7-13(16(2,3)4)18-14(17)8-11/h7-8,10,12,20H,5-6,9H2,1-4H3. The molecular formula is C16H23ClN2O2. The number of hydrogen-bond acceptors (Lipinski definition) is 3. The summed E-state index contributed by atoms with van der Waals surface area (Å²) in [5.41, 5.74) is 1.17. The van der Waals surface area contributed by atoms with Crippen molar-refractivity contribution in [1.82, 2.24) is 9.88 Å². The molecule has 4 nitrogen and oxygen atoms in total. The number of carbonyl (C=O) groups excluding carboxylic acids is 1. The zero-order valence-corrected chi connectivity index (χ0v) is 13.8. The Balaban J connectivity index is 2.34. The topological polar surface area (TPSA) is 53.4 Å². The molecule has 1 aliphatic heterocycles. The maximum Gasteiger partial charge on any atom is 0.254 e. The predicted molar refractivity (Wildman–Crippen MR) is 83.6 cm³/mol. The number of rotatable bonds is 2. The Bertz CT molecular complexity index is 540. The molecule has 1 amide bonds. The van der Waals surface area contributed by atoms with Crippen LogP contribution >= 0.6 is 11.6 Å². The van der Waals surface area contributed by atoms with E-state index in [1.54, 1.807) is 11.0 Å². The minimum absolute atomic E-state index is 0.00213. The van der Waals surface area contributed by atoms with Crippen molar-refractivity contribution >= 4 is 17.5 Å². The van der Waals surface area contributed by atoms with Gasteiger partial charge < -0.3 is 10.0 Å². The third-order valence-corrected chi connectivity index (χ3v) is 4.33. The molecular weight excluding hydrogens is 288 g/mol. The van der Waals surface area contributed by atoms with E-state index in [1.165, 1.54) is 0 Å². The fourth-order valence-electron chi connectivity index (χ4n) is 2.71. The van der Waals surface area contributed by atoms with Crippen LogP contribution in [0.15, 0.2) is 12.1 Å². The number of pyridine rings is 1. The van der Waals surface area contributed by atoms with Gasteiger partial charge in [0.2, 0.25) is 0 Å². The normalized spacial score (nSPS) is 22.7. The van der Waals surface area contributed by atoms with E-state index in [0.29, 0.717) is 23.2 Å². The quantitative estimate of drug-likeness (QED) is 0.855. The molecule has 1 saturated heterocycles. The van der Waals surface area contributed by atoms with Crippen LogP contribution in [0, 0.1) is 5.92 Å². The first-order valence-electron chi connectivity index (χ1n) is 7.34. The van der Waals surface area contributed by atoms with Gasteiger partial charge >= 0.3 is 0 Å². The highest BCUT2D eigenvalue weighted by molar-refractivity contribution is 6.29. The van der Waals surface area contributed by atoms with Crippen molar-refractivity contribution in [2.75, 3.05) is 13.2 Å². The van der Waals surface area contributed by atoms with E-state index in [1.807, 2.05) is 26.8 Å². The highest BCUT2D eigenvalue weighted by Crippen LogP contribution is 2.28. The maximum absolute atomic E-state index is 12.7. The molecule has 0 aliphatic carbocycles. The Hall–Kier alpha value is -1.13. The number of likely N-dealkylation sites (tertiary alicyclic amines) is 1. The van der Waals surface area contributed by atoms with Crippen molar-refractivity contribution in [3.05, 3.63) is 28.5 Å². The summed E-state index contributed by atoms with van der Waals surface area (Å²) in [6.07, 6.45) is 0.919. The number of carbonyl (C=O) groups is 1. The molecule has 2 atom stereocenters. The van der Waals surface area contributed by atoms with Crippen LogP contribution in [-0.2, 0) is 5.41 Å². The van der Waals surface area contributed by atoms with Crippen LogP contribution in [0.1, 0.15) is 50.2 Å². The highest BCUT2D eigenvalue weighted by atomic mass is 35.5. The summed E-state index contributed by atoms with van der Waals surface area (Å²) in [7, 11) is 0. The van der Waals surface area contributed by atoms with Gasteiger partial charge in [-0.3, -0.25) is 4.79 Å². The summed E-state index contributed by atoms with van der Waals surface area (Å²) in [6.45, 7) is 8.85. The van der Waals surface area contributed by atoms with Gasteiger partial charge in [-0.15, -0.1) is 0 Å². The van der Waals surface area contributed by atoms with Crippen molar-refractivity contribution in [2.45, 2.75) is 45.6 Å². The molecule has 1 aliphatic rings. The minimum Gasteiger partial charge on any atom is -0.394 e. The summed E-state index contributed by atoms with van der Waals surface area (Å²) in [4.78, 5) is 18.8. The molecule has 2 rings (SSSR count). The second-order valence-corrected chi connectivity index (χ2v) is 7.22. The summed E-state index contributed by atoms with van der Waals surface area (Å²) < 4.78 is 0. The monoisotopic (exact) mass is 310 g/mol. The van der Waals surface area contributed by atoms with Gasteiger partial charge in [0.25, 0.3) is 5.91 Å². The summed E-state index contributed by atoms with van der Waals surface area (Å²) in [6, 6.07) is 3.31. The van der Waals surface area contributed by atoms with Gasteiger partial charge in [0.1, 0.15) is 5.15 Å². The summed E-state index contributed by atoms with van der Waals surface area (Å²) in [5.74, 6) is 0.242. The molecule has 1 fully saturated rings. The van der Waals surface area contributed by atoms with E-state index < -0.39 is 0 Å². The molecule has 1 aromatic heterocycles. The summed E-state index contributed by atoms with van der Waals surface area (Å²) >= 11 is 6.07. The lowest BCUT2D eigenvalue weighted by molar-refractivity contribution is 0.0648. The van der Waals surface area contributed by atoms with E-state index in [9.17, 15) is 9.90 Å². The molecule has 0 spiro atoms. The molecule has 0 aromatic carbocycles. The number of amides is 1. The van der Waals surface area contributed by atoms with Crippen molar-refractivity contribution < 1.29 is 9.90 Å². The molecule has 2 unspecified atom stereocenters. The highest BCUT2D eigenvalue weighted by Gasteiger charge is 2.34. The van der Waals surface area contributed by atoms with Crippen molar-refractivity contribution in [3.8, 4) is 0 Å². The van der Waals surface area contributed by atoms with Gasteiger partial charge in [0.05, 0.1) is 12.6 Å². The Morgan fingerprint density at radius 2 is 2.14 bits per heavy atom. The lowest BCUT2D eigenvalue weighted by Gasteiger charge is -2.26. The lowest BCUT2D eigenvalue weighted by atomic mass is 9.90. The van der Waals surface area contributed by atoms with Gasteiger partial charge in [-0.25, -0.2) is 4.98 Å². The smallest absolute Gasteiger partial charge is 0.254 e. The Kier molecular flexibility index (Phi) is 4.59. The average molecular weight is 311 g/mol. The lowest BCUT2D eigenvalue weighted by Crippen LogP contribution is -2.40. The molecule has 1 N–H and O–H groups in total. The first-order chi connectivity index (χ1) is 9.74. The van der Waals surface area contributed by atoms with Crippen LogP contribution in [0.5, 0.6) is 0 Å². The molecule has 0 saturated carbocycles. The fraction of sp³-hybridized carbons (Fsp3) is 0.625. The Morgan fingerprint density at radius 1 is 1.48 bits per heavy atom. The van der Waals surface area contributed by atoms with Gasteiger partial charge in [0, 0.05) is 23.2 Å². The number of aliphatic hydroxyl groups is 1. The zero-order chi connectivity index (χ0) is 15.8. The SMILES string of the molecule is CC1CCN(C(=O)c2cc(Cl)nc(C(C)(C)C)c2)C1CO. The first-order valence-corrected chi connectivity index (χ1v) is 7.71. The third kappa shape index (κ3) is 3.38. The zero-order valence-electron chi connectivity index (χ0n) is 13.1. The Morgan fingerprint density at radius 3 is 2.71 bits per heavy atom. The third-order valence-electron chi connectivity index (χ3n) is 4.14. The van der Waals surface area contributed by atoms with Crippen LogP contribution in [0.25, 0.3) is 0 Å². The van der Waals surface area contributed by atoms with Crippen molar-refractivity contribution in [1.29, 1.82) is 0 Å². The number of aliphatic hydroxyl groups excluding tert-OH is 1. The van der Waals surface area contributed by atoms with Crippen LogP contribution in [0.4, 0.5) is 0 Å². The van der Waals surface area contributed by atoms with Crippen LogP contribution < -0.4 is 0 Å². The molecule has 1 aromatic rings. The maximum atomic E-state index is 12.7. The Labute approximate surface area is 131 Å². The summed E-state index contributed by atoms with van der Waals surface area (Å²) in [5, 5.41) is 9.84. The fourth-order valence-corrected chi connectivity index (χ4v) is 2.92. The molecule has 116 valence electrons. The largest absolute Gasteiger partial charge is 0.394 e.